The molecule has 0 spiro atoms. The molecule has 1 heterocycles. The molecular weight excluding hydrogens is 317 g/mol. The van der Waals surface area contributed by atoms with Gasteiger partial charge >= 0.3 is 0 Å². The van der Waals surface area contributed by atoms with Gasteiger partial charge in [0.05, 0.1) is 16.8 Å². The fraction of sp³-hybridized carbons (Fsp3) is 0.471. The highest BCUT2D eigenvalue weighted by Gasteiger charge is 2.18. The van der Waals surface area contributed by atoms with E-state index in [9.17, 15) is 9.50 Å². The molecular formula is C17H23ClFN3O. The zero-order chi connectivity index (χ0) is 17.1. The topological polar surface area (TPSA) is 50.1 Å². The highest BCUT2D eigenvalue weighted by Crippen LogP contribution is 2.23. The number of halogens is 2. The Morgan fingerprint density at radius 2 is 2.09 bits per heavy atom. The quantitative estimate of drug-likeness (QED) is 0.843. The Hall–Kier alpha value is -1.43. The fourth-order valence-electron chi connectivity index (χ4n) is 2.87. The maximum atomic E-state index is 13.5. The highest BCUT2D eigenvalue weighted by molar-refractivity contribution is 6.30. The van der Waals surface area contributed by atoms with E-state index in [1.54, 1.807) is 6.07 Å². The maximum Gasteiger partial charge on any atom is 0.142 e. The van der Waals surface area contributed by atoms with Crippen LogP contribution in [0.15, 0.2) is 18.2 Å². The van der Waals surface area contributed by atoms with E-state index in [4.69, 9.17) is 11.6 Å². The largest absolute Gasteiger partial charge is 0.387 e. The van der Waals surface area contributed by atoms with Crippen molar-refractivity contribution in [2.24, 2.45) is 0 Å². The van der Waals surface area contributed by atoms with Crippen molar-refractivity contribution in [3.05, 3.63) is 51.6 Å². The van der Waals surface area contributed by atoms with Gasteiger partial charge in [-0.25, -0.2) is 4.39 Å². The lowest BCUT2D eigenvalue weighted by Crippen LogP contribution is -2.25. The lowest BCUT2D eigenvalue weighted by molar-refractivity contribution is 0.170. The molecule has 0 amide bonds. The average molecular weight is 340 g/mol. The number of aliphatic hydroxyl groups is 1. The van der Waals surface area contributed by atoms with Crippen LogP contribution < -0.4 is 5.32 Å². The first-order valence-corrected chi connectivity index (χ1v) is 8.13. The van der Waals surface area contributed by atoms with E-state index in [1.165, 1.54) is 12.1 Å². The summed E-state index contributed by atoms with van der Waals surface area (Å²) in [5, 5.41) is 18.1. The van der Waals surface area contributed by atoms with Crippen LogP contribution in [-0.4, -0.2) is 21.4 Å². The number of benzene rings is 1. The van der Waals surface area contributed by atoms with Gasteiger partial charge in [-0.3, -0.25) is 4.68 Å². The maximum absolute atomic E-state index is 13.5. The van der Waals surface area contributed by atoms with Crippen LogP contribution in [0.2, 0.25) is 5.02 Å². The zero-order valence-corrected chi connectivity index (χ0v) is 14.7. The molecule has 0 aliphatic rings. The Labute approximate surface area is 141 Å². The van der Waals surface area contributed by atoms with E-state index >= 15 is 0 Å². The number of aromatic nitrogens is 2. The zero-order valence-electron chi connectivity index (χ0n) is 13.9. The normalized spacial score (nSPS) is 14.0. The number of nitrogens with zero attached hydrogens (tertiary/aromatic N) is 2. The van der Waals surface area contributed by atoms with Gasteiger partial charge in [-0.05, 0) is 45.4 Å². The van der Waals surface area contributed by atoms with E-state index in [0.29, 0.717) is 12.1 Å². The second kappa shape index (κ2) is 7.43. The summed E-state index contributed by atoms with van der Waals surface area (Å²) >= 11 is 5.66. The van der Waals surface area contributed by atoms with Gasteiger partial charge in [-0.15, -0.1) is 0 Å². The van der Waals surface area contributed by atoms with E-state index < -0.39 is 11.9 Å². The molecule has 0 saturated heterocycles. The number of aliphatic hydroxyl groups excluding tert-OH is 1. The van der Waals surface area contributed by atoms with Gasteiger partial charge in [0.1, 0.15) is 5.82 Å². The number of aryl methyl sites for hydroxylation is 2. The number of nitrogens with one attached hydrogen (secondary N) is 1. The Morgan fingerprint density at radius 1 is 1.39 bits per heavy atom. The van der Waals surface area contributed by atoms with Crippen LogP contribution >= 0.6 is 11.6 Å². The molecule has 2 atom stereocenters. The number of hydrogen-bond acceptors (Lipinski definition) is 3. The first kappa shape index (κ1) is 17.9. The van der Waals surface area contributed by atoms with Gasteiger partial charge in [0.15, 0.2) is 0 Å². The monoisotopic (exact) mass is 339 g/mol. The minimum atomic E-state index is -0.800. The van der Waals surface area contributed by atoms with Crippen molar-refractivity contribution in [3.63, 3.8) is 0 Å². The molecule has 0 aliphatic carbocycles. The molecule has 0 bridgehead atoms. The predicted molar refractivity (Wildman–Crippen MR) is 90.2 cm³/mol. The van der Waals surface area contributed by atoms with E-state index in [-0.39, 0.29) is 11.1 Å². The van der Waals surface area contributed by atoms with Crippen molar-refractivity contribution in [2.75, 3.05) is 6.54 Å². The lowest BCUT2D eigenvalue weighted by Gasteiger charge is -2.18. The van der Waals surface area contributed by atoms with Gasteiger partial charge in [0.2, 0.25) is 0 Å². The smallest absolute Gasteiger partial charge is 0.142 e. The third kappa shape index (κ3) is 3.91. The molecule has 0 radical (unpaired) electrons. The SMILES string of the molecule is CCn1nc(C)c(C(C)NCC(O)c2ccc(Cl)c(F)c2)c1C. The molecule has 1 aromatic heterocycles. The van der Waals surface area contributed by atoms with Gasteiger partial charge < -0.3 is 10.4 Å². The number of rotatable bonds is 6. The molecule has 0 saturated carbocycles. The third-order valence-electron chi connectivity index (χ3n) is 4.12. The second-order valence-electron chi connectivity index (χ2n) is 5.72. The Bertz CT molecular complexity index is 687. The summed E-state index contributed by atoms with van der Waals surface area (Å²) in [6.07, 6.45) is -0.800. The molecule has 1 aromatic carbocycles. The standard InChI is InChI=1S/C17H23ClFN3O/c1-5-22-12(4)17(11(3)21-22)10(2)20-9-16(23)13-6-7-14(18)15(19)8-13/h6-8,10,16,20,23H,5,9H2,1-4H3. The second-order valence-corrected chi connectivity index (χ2v) is 6.13. The summed E-state index contributed by atoms with van der Waals surface area (Å²) in [6.45, 7) is 9.26. The Kier molecular flexibility index (Phi) is 5.79. The number of hydrogen-bond donors (Lipinski definition) is 2. The summed E-state index contributed by atoms with van der Waals surface area (Å²) in [5.41, 5.74) is 3.75. The fourth-order valence-corrected chi connectivity index (χ4v) is 2.99. The van der Waals surface area contributed by atoms with E-state index in [1.807, 2.05) is 25.5 Å². The molecule has 2 unspecified atom stereocenters. The van der Waals surface area contributed by atoms with E-state index in [2.05, 4.69) is 17.3 Å². The van der Waals surface area contributed by atoms with Crippen molar-refractivity contribution in [2.45, 2.75) is 46.4 Å². The first-order valence-electron chi connectivity index (χ1n) is 7.75. The lowest BCUT2D eigenvalue weighted by atomic mass is 10.0. The molecule has 6 heteroatoms. The van der Waals surface area contributed by atoms with Crippen molar-refractivity contribution in [1.82, 2.24) is 15.1 Å². The summed E-state index contributed by atoms with van der Waals surface area (Å²) in [6, 6.07) is 4.40. The average Bonchev–Trinajstić information content (AvgIpc) is 2.81. The van der Waals surface area contributed by atoms with Gasteiger partial charge in [-0.2, -0.15) is 5.10 Å². The van der Waals surface area contributed by atoms with Crippen molar-refractivity contribution in [3.8, 4) is 0 Å². The summed E-state index contributed by atoms with van der Waals surface area (Å²) in [4.78, 5) is 0. The minimum absolute atomic E-state index is 0.0436. The minimum Gasteiger partial charge on any atom is -0.387 e. The third-order valence-corrected chi connectivity index (χ3v) is 4.42. The molecule has 126 valence electrons. The van der Waals surface area contributed by atoms with E-state index in [0.717, 1.165) is 23.5 Å². The van der Waals surface area contributed by atoms with Crippen molar-refractivity contribution in [1.29, 1.82) is 0 Å². The molecule has 2 aromatic rings. The molecule has 2 N–H and O–H groups in total. The van der Waals surface area contributed by atoms with Gasteiger partial charge in [-0.1, -0.05) is 17.7 Å². The van der Waals surface area contributed by atoms with Crippen molar-refractivity contribution < 1.29 is 9.50 Å². The first-order chi connectivity index (χ1) is 10.8. The molecule has 2 rings (SSSR count). The summed E-state index contributed by atoms with van der Waals surface area (Å²) in [7, 11) is 0. The van der Waals surface area contributed by atoms with Crippen LogP contribution in [0.1, 0.15) is 48.5 Å². The van der Waals surface area contributed by atoms with Crippen LogP contribution in [0.5, 0.6) is 0 Å². The van der Waals surface area contributed by atoms with Crippen LogP contribution in [0.4, 0.5) is 4.39 Å². The van der Waals surface area contributed by atoms with Crippen LogP contribution in [0.3, 0.4) is 0 Å². The summed E-state index contributed by atoms with van der Waals surface area (Å²) < 4.78 is 15.4. The molecule has 0 fully saturated rings. The van der Waals surface area contributed by atoms with Crippen LogP contribution in [-0.2, 0) is 6.54 Å². The molecule has 4 nitrogen and oxygen atoms in total. The Morgan fingerprint density at radius 3 is 2.65 bits per heavy atom. The molecule has 0 aliphatic heterocycles. The van der Waals surface area contributed by atoms with Crippen LogP contribution in [0, 0.1) is 19.7 Å². The van der Waals surface area contributed by atoms with Crippen molar-refractivity contribution >= 4 is 11.6 Å². The summed E-state index contributed by atoms with van der Waals surface area (Å²) in [5.74, 6) is -0.521. The van der Waals surface area contributed by atoms with Gasteiger partial charge in [0.25, 0.3) is 0 Å². The van der Waals surface area contributed by atoms with Crippen LogP contribution in [0.25, 0.3) is 0 Å². The predicted octanol–water partition coefficient (Wildman–Crippen LogP) is 3.70. The highest BCUT2D eigenvalue weighted by atomic mass is 35.5. The molecule has 23 heavy (non-hydrogen) atoms. The Balaban J connectivity index is 2.05. The van der Waals surface area contributed by atoms with Gasteiger partial charge in [0, 0.05) is 30.4 Å².